The van der Waals surface area contributed by atoms with Gasteiger partial charge in [0.25, 0.3) is 0 Å². The molecular formula is C16H21N3O. The number of likely N-dealkylation sites (N-methyl/N-ethyl adjacent to an activating group) is 1. The van der Waals surface area contributed by atoms with Crippen molar-refractivity contribution in [2.45, 2.75) is 25.3 Å². The highest BCUT2D eigenvalue weighted by molar-refractivity contribution is 5.98. The predicted octanol–water partition coefficient (Wildman–Crippen LogP) is 1.66. The quantitative estimate of drug-likeness (QED) is 0.718. The SMILES string of the molecule is CC(=O)N1CCN2c3c(cccc31)[C@@H]1CN(C)CC[C@@H]12. The van der Waals surface area contributed by atoms with Crippen LogP contribution in [-0.2, 0) is 4.79 Å². The van der Waals surface area contributed by atoms with E-state index in [0.717, 1.165) is 25.3 Å². The second-order valence-corrected chi connectivity index (χ2v) is 6.30. The summed E-state index contributed by atoms with van der Waals surface area (Å²) in [5.74, 6) is 0.764. The van der Waals surface area contributed by atoms with E-state index in [-0.39, 0.29) is 5.91 Å². The number of amides is 1. The first kappa shape index (κ1) is 12.2. The van der Waals surface area contributed by atoms with E-state index in [2.05, 4.69) is 35.0 Å². The van der Waals surface area contributed by atoms with E-state index in [1.807, 2.05) is 4.90 Å². The van der Waals surface area contributed by atoms with E-state index in [4.69, 9.17) is 0 Å². The summed E-state index contributed by atoms with van der Waals surface area (Å²) in [6, 6.07) is 7.12. The molecule has 3 aliphatic rings. The highest BCUT2D eigenvalue weighted by Crippen LogP contribution is 2.50. The van der Waals surface area contributed by atoms with Crippen molar-refractivity contribution in [1.29, 1.82) is 0 Å². The number of likely N-dealkylation sites (tertiary alicyclic amines) is 1. The van der Waals surface area contributed by atoms with Crippen molar-refractivity contribution in [2.24, 2.45) is 0 Å². The van der Waals surface area contributed by atoms with Crippen LogP contribution in [0.4, 0.5) is 11.4 Å². The molecular weight excluding hydrogens is 250 g/mol. The van der Waals surface area contributed by atoms with Crippen molar-refractivity contribution >= 4 is 17.3 Å². The predicted molar refractivity (Wildman–Crippen MR) is 80.5 cm³/mol. The minimum Gasteiger partial charge on any atom is -0.364 e. The van der Waals surface area contributed by atoms with Gasteiger partial charge in [-0.25, -0.2) is 0 Å². The maximum absolute atomic E-state index is 11.9. The van der Waals surface area contributed by atoms with Crippen LogP contribution in [0.2, 0.25) is 0 Å². The lowest BCUT2D eigenvalue weighted by atomic mass is 9.89. The van der Waals surface area contributed by atoms with Crippen LogP contribution in [0.3, 0.4) is 0 Å². The zero-order chi connectivity index (χ0) is 13.9. The largest absolute Gasteiger partial charge is 0.364 e. The molecule has 2 atom stereocenters. The number of para-hydroxylation sites is 1. The molecule has 0 aromatic heterocycles. The molecule has 0 radical (unpaired) electrons. The van der Waals surface area contributed by atoms with Crippen LogP contribution in [0.1, 0.15) is 24.8 Å². The Labute approximate surface area is 120 Å². The summed E-state index contributed by atoms with van der Waals surface area (Å²) < 4.78 is 0. The van der Waals surface area contributed by atoms with Crippen molar-refractivity contribution < 1.29 is 4.79 Å². The molecule has 1 saturated heterocycles. The summed E-state index contributed by atoms with van der Waals surface area (Å²) in [6.07, 6.45) is 1.23. The Kier molecular flexibility index (Phi) is 2.58. The fraction of sp³-hybridized carbons (Fsp3) is 0.562. The van der Waals surface area contributed by atoms with Gasteiger partial charge in [-0.2, -0.15) is 0 Å². The van der Waals surface area contributed by atoms with Crippen molar-refractivity contribution in [1.82, 2.24) is 4.90 Å². The van der Waals surface area contributed by atoms with Gasteiger partial charge in [-0.1, -0.05) is 12.1 Å². The molecule has 1 amide bonds. The molecule has 0 saturated carbocycles. The molecule has 4 nitrogen and oxygen atoms in total. The molecule has 4 heteroatoms. The number of carbonyl (C=O) groups is 1. The second-order valence-electron chi connectivity index (χ2n) is 6.30. The molecule has 106 valence electrons. The number of nitrogens with zero attached hydrogens (tertiary/aromatic N) is 3. The normalized spacial score (nSPS) is 28.3. The summed E-state index contributed by atoms with van der Waals surface area (Å²) in [7, 11) is 2.21. The Morgan fingerprint density at radius 3 is 2.90 bits per heavy atom. The Morgan fingerprint density at radius 2 is 2.10 bits per heavy atom. The van der Waals surface area contributed by atoms with E-state index < -0.39 is 0 Å². The molecule has 3 heterocycles. The van der Waals surface area contributed by atoms with Crippen molar-refractivity contribution in [3.8, 4) is 0 Å². The molecule has 0 bridgehead atoms. The second kappa shape index (κ2) is 4.22. The monoisotopic (exact) mass is 271 g/mol. The highest BCUT2D eigenvalue weighted by atomic mass is 16.2. The van der Waals surface area contributed by atoms with Gasteiger partial charge in [0.1, 0.15) is 0 Å². The van der Waals surface area contributed by atoms with Crippen molar-refractivity contribution in [2.75, 3.05) is 43.0 Å². The fourth-order valence-corrected chi connectivity index (χ4v) is 4.26. The number of piperidine rings is 1. The molecule has 1 fully saturated rings. The van der Waals surface area contributed by atoms with Crippen LogP contribution in [0.5, 0.6) is 0 Å². The smallest absolute Gasteiger partial charge is 0.223 e. The molecule has 0 aliphatic carbocycles. The topological polar surface area (TPSA) is 26.8 Å². The van der Waals surface area contributed by atoms with Crippen LogP contribution < -0.4 is 9.80 Å². The number of benzene rings is 1. The molecule has 0 N–H and O–H groups in total. The number of carbonyl (C=O) groups excluding carboxylic acids is 1. The average molecular weight is 271 g/mol. The van der Waals surface area contributed by atoms with Gasteiger partial charge in [0.15, 0.2) is 0 Å². The van der Waals surface area contributed by atoms with Gasteiger partial charge in [0.2, 0.25) is 5.91 Å². The van der Waals surface area contributed by atoms with E-state index >= 15 is 0 Å². The molecule has 3 aliphatic heterocycles. The fourth-order valence-electron chi connectivity index (χ4n) is 4.26. The molecule has 0 unspecified atom stereocenters. The first-order valence-electron chi connectivity index (χ1n) is 7.53. The minimum atomic E-state index is 0.157. The summed E-state index contributed by atoms with van der Waals surface area (Å²) >= 11 is 0. The molecule has 1 aromatic rings. The van der Waals surface area contributed by atoms with Gasteiger partial charge in [-0.15, -0.1) is 0 Å². The maximum Gasteiger partial charge on any atom is 0.223 e. The summed E-state index contributed by atoms with van der Waals surface area (Å²) in [5, 5.41) is 0. The van der Waals surface area contributed by atoms with Crippen LogP contribution in [-0.4, -0.2) is 50.1 Å². The van der Waals surface area contributed by atoms with Gasteiger partial charge >= 0.3 is 0 Å². The molecule has 0 spiro atoms. The van der Waals surface area contributed by atoms with Gasteiger partial charge in [0.05, 0.1) is 11.4 Å². The number of rotatable bonds is 0. The Balaban J connectivity index is 1.84. The number of anilines is 2. The Morgan fingerprint density at radius 1 is 1.25 bits per heavy atom. The lowest BCUT2D eigenvalue weighted by molar-refractivity contribution is -0.116. The molecule has 1 aromatic carbocycles. The van der Waals surface area contributed by atoms with Gasteiger partial charge in [-0.05, 0) is 31.6 Å². The average Bonchev–Trinajstić information content (AvgIpc) is 2.75. The Bertz CT molecular complexity index is 571. The number of fused-ring (bicyclic) bond motifs is 3. The third-order valence-corrected chi connectivity index (χ3v) is 5.15. The number of hydrogen-bond donors (Lipinski definition) is 0. The van der Waals surface area contributed by atoms with Crippen LogP contribution in [0.15, 0.2) is 18.2 Å². The summed E-state index contributed by atoms with van der Waals surface area (Å²) in [5.41, 5.74) is 3.91. The van der Waals surface area contributed by atoms with Crippen LogP contribution >= 0.6 is 0 Å². The molecule has 4 rings (SSSR count). The lowest BCUT2D eigenvalue weighted by Crippen LogP contribution is -2.49. The van der Waals surface area contributed by atoms with E-state index in [1.165, 1.54) is 24.2 Å². The van der Waals surface area contributed by atoms with E-state index in [0.29, 0.717) is 12.0 Å². The zero-order valence-electron chi connectivity index (χ0n) is 12.2. The first-order valence-corrected chi connectivity index (χ1v) is 7.53. The standard InChI is InChI=1S/C16H21N3O/c1-11(20)18-8-9-19-14-6-7-17(2)10-13(14)12-4-3-5-15(18)16(12)19/h3-5,13-14H,6-10H2,1-2H3/t13-,14-/m0/s1. The van der Waals surface area contributed by atoms with Crippen molar-refractivity contribution in [3.05, 3.63) is 23.8 Å². The first-order chi connectivity index (χ1) is 9.66. The summed E-state index contributed by atoms with van der Waals surface area (Å²) in [6.45, 7) is 5.79. The van der Waals surface area contributed by atoms with Gasteiger partial charge in [-0.3, -0.25) is 4.79 Å². The maximum atomic E-state index is 11.9. The van der Waals surface area contributed by atoms with Crippen LogP contribution in [0, 0.1) is 0 Å². The molecule has 20 heavy (non-hydrogen) atoms. The summed E-state index contributed by atoms with van der Waals surface area (Å²) in [4.78, 5) is 18.8. The van der Waals surface area contributed by atoms with Crippen molar-refractivity contribution in [3.63, 3.8) is 0 Å². The van der Waals surface area contributed by atoms with E-state index in [9.17, 15) is 4.79 Å². The van der Waals surface area contributed by atoms with E-state index in [1.54, 1.807) is 6.92 Å². The van der Waals surface area contributed by atoms with Gasteiger partial charge < -0.3 is 14.7 Å². The zero-order valence-corrected chi connectivity index (χ0v) is 12.2. The third kappa shape index (κ3) is 1.54. The highest BCUT2D eigenvalue weighted by Gasteiger charge is 2.44. The number of hydrogen-bond acceptors (Lipinski definition) is 3. The third-order valence-electron chi connectivity index (χ3n) is 5.15. The van der Waals surface area contributed by atoms with Crippen LogP contribution in [0.25, 0.3) is 0 Å². The van der Waals surface area contributed by atoms with Gasteiger partial charge in [0, 0.05) is 38.5 Å². The lowest BCUT2D eigenvalue weighted by Gasteiger charge is -2.41. The Hall–Kier alpha value is -1.55. The minimum absolute atomic E-state index is 0.157.